The van der Waals surface area contributed by atoms with Gasteiger partial charge in [0, 0.05) is 36.1 Å². The maximum absolute atomic E-state index is 13.1. The first-order valence-electron chi connectivity index (χ1n) is 13.3. The van der Waals surface area contributed by atoms with E-state index in [4.69, 9.17) is 9.16 Å². The number of carbonyl (C=O) groups excluding carboxylic acids is 2. The van der Waals surface area contributed by atoms with Crippen LogP contribution in [-0.2, 0) is 21.9 Å². The van der Waals surface area contributed by atoms with E-state index in [1.807, 2.05) is 6.07 Å². The quantitative estimate of drug-likeness (QED) is 0.281. The van der Waals surface area contributed by atoms with E-state index < -0.39 is 26.0 Å². The van der Waals surface area contributed by atoms with E-state index in [1.165, 1.54) is 12.1 Å². The van der Waals surface area contributed by atoms with Crippen LogP contribution in [0.1, 0.15) is 50.3 Å². The molecule has 40 heavy (non-hydrogen) atoms. The van der Waals surface area contributed by atoms with Crippen molar-refractivity contribution in [3.63, 3.8) is 0 Å². The largest absolute Gasteiger partial charge is 0.493 e. The molecule has 4 rings (SSSR count). The Bertz CT molecular complexity index is 1320. The van der Waals surface area contributed by atoms with E-state index in [0.29, 0.717) is 55.0 Å². The van der Waals surface area contributed by atoms with Gasteiger partial charge in [-0.25, -0.2) is 4.79 Å². The molecule has 0 spiro atoms. The molecule has 3 amide bonds. The summed E-state index contributed by atoms with van der Waals surface area (Å²) >= 11 is 0. The highest BCUT2D eigenvalue weighted by molar-refractivity contribution is 6.74. The molecule has 0 aliphatic carbocycles. The van der Waals surface area contributed by atoms with Gasteiger partial charge in [0.15, 0.2) is 8.32 Å². The monoisotopic (exact) mass is 575 g/mol. The first-order chi connectivity index (χ1) is 18.6. The molecule has 2 aromatic carbocycles. The summed E-state index contributed by atoms with van der Waals surface area (Å²) in [6.45, 7) is 12.5. The van der Waals surface area contributed by atoms with Crippen LogP contribution < -0.4 is 15.4 Å². The number of alkyl halides is 3. The summed E-state index contributed by atoms with van der Waals surface area (Å²) < 4.78 is 51.2. The molecular weight excluding hydrogens is 539 g/mol. The molecule has 2 aliphatic rings. The Kier molecular flexibility index (Phi) is 8.37. The molecular formula is C29H36F3N3O4Si. The van der Waals surface area contributed by atoms with Crippen LogP contribution in [0.5, 0.6) is 5.75 Å². The number of anilines is 2. The summed E-state index contributed by atoms with van der Waals surface area (Å²) in [6, 6.07) is 8.40. The predicted molar refractivity (Wildman–Crippen MR) is 152 cm³/mol. The third-order valence-corrected chi connectivity index (χ3v) is 12.2. The van der Waals surface area contributed by atoms with Crippen LogP contribution >= 0.6 is 0 Å². The second kappa shape index (κ2) is 11.3. The van der Waals surface area contributed by atoms with Gasteiger partial charge in [-0.2, -0.15) is 13.2 Å². The highest BCUT2D eigenvalue weighted by Crippen LogP contribution is 2.39. The first kappa shape index (κ1) is 29.7. The lowest BCUT2D eigenvalue weighted by atomic mass is 9.99. The van der Waals surface area contributed by atoms with E-state index in [-0.39, 0.29) is 23.4 Å². The third kappa shape index (κ3) is 6.87. The Morgan fingerprint density at radius 2 is 1.93 bits per heavy atom. The Morgan fingerprint density at radius 1 is 1.18 bits per heavy atom. The van der Waals surface area contributed by atoms with E-state index in [1.54, 1.807) is 17.0 Å². The van der Waals surface area contributed by atoms with Crippen LogP contribution in [0.15, 0.2) is 42.5 Å². The van der Waals surface area contributed by atoms with Gasteiger partial charge in [0.2, 0.25) is 5.91 Å². The summed E-state index contributed by atoms with van der Waals surface area (Å²) in [5.74, 6) is -0.309. The Morgan fingerprint density at radius 3 is 2.62 bits per heavy atom. The van der Waals surface area contributed by atoms with Gasteiger partial charge >= 0.3 is 12.2 Å². The highest BCUT2D eigenvalue weighted by Gasteiger charge is 2.37. The van der Waals surface area contributed by atoms with Crippen LogP contribution in [0.2, 0.25) is 18.1 Å². The summed E-state index contributed by atoms with van der Waals surface area (Å²) in [4.78, 5) is 27.3. The Balaban J connectivity index is 1.42. The van der Waals surface area contributed by atoms with Gasteiger partial charge in [-0.3, -0.25) is 4.79 Å². The SMILES string of the molecule is CC(C)(C)[Si](C)(C)OCCN1Cc2ccc(NC(=O)/C=C3\CCCOc4cc(C(F)(F)F)ccc43)cc2NC1=O. The maximum Gasteiger partial charge on any atom is 0.416 e. The van der Waals surface area contributed by atoms with Gasteiger partial charge < -0.3 is 24.7 Å². The first-order valence-corrected chi connectivity index (χ1v) is 16.2. The van der Waals surface area contributed by atoms with Gasteiger partial charge in [0.05, 0.1) is 18.8 Å². The van der Waals surface area contributed by atoms with Gasteiger partial charge in [0.25, 0.3) is 0 Å². The number of allylic oxidation sites excluding steroid dienone is 1. The maximum atomic E-state index is 13.1. The molecule has 2 heterocycles. The fraction of sp³-hybridized carbons (Fsp3) is 0.448. The molecule has 2 N–H and O–H groups in total. The number of nitrogens with zero attached hydrogens (tertiary/aromatic N) is 1. The van der Waals surface area contributed by atoms with E-state index >= 15 is 0 Å². The van der Waals surface area contributed by atoms with Crippen LogP contribution in [0.3, 0.4) is 0 Å². The molecule has 7 nitrogen and oxygen atoms in total. The number of amides is 3. The number of nitrogens with one attached hydrogen (secondary N) is 2. The molecule has 216 valence electrons. The van der Waals surface area contributed by atoms with Crippen LogP contribution in [-0.4, -0.2) is 44.9 Å². The van der Waals surface area contributed by atoms with Gasteiger partial charge in [-0.15, -0.1) is 0 Å². The van der Waals surface area contributed by atoms with Crippen molar-refractivity contribution in [2.75, 3.05) is 30.4 Å². The van der Waals surface area contributed by atoms with Crippen molar-refractivity contribution in [1.82, 2.24) is 4.90 Å². The molecule has 0 aromatic heterocycles. The second-order valence-corrected chi connectivity index (χ2v) is 16.5. The number of hydrogen-bond donors (Lipinski definition) is 2. The minimum atomic E-state index is -4.48. The fourth-order valence-electron chi connectivity index (χ4n) is 4.34. The van der Waals surface area contributed by atoms with Crippen LogP contribution in [0.4, 0.5) is 29.3 Å². The van der Waals surface area contributed by atoms with Crippen molar-refractivity contribution < 1.29 is 31.9 Å². The molecule has 0 radical (unpaired) electrons. The van der Waals surface area contributed by atoms with Crippen molar-refractivity contribution in [3.05, 3.63) is 59.2 Å². The van der Waals surface area contributed by atoms with Crippen LogP contribution in [0, 0.1) is 0 Å². The summed E-state index contributed by atoms with van der Waals surface area (Å²) in [7, 11) is -1.91. The lowest BCUT2D eigenvalue weighted by Crippen LogP contribution is -2.45. The molecule has 0 unspecified atom stereocenters. The van der Waals surface area contributed by atoms with Crippen molar-refractivity contribution >= 4 is 37.2 Å². The molecule has 2 aliphatic heterocycles. The van der Waals surface area contributed by atoms with Crippen molar-refractivity contribution in [1.29, 1.82) is 0 Å². The number of rotatable bonds is 6. The predicted octanol–water partition coefficient (Wildman–Crippen LogP) is 7.27. The zero-order valence-corrected chi connectivity index (χ0v) is 24.5. The van der Waals surface area contributed by atoms with Crippen molar-refractivity contribution in [2.24, 2.45) is 0 Å². The highest BCUT2D eigenvalue weighted by atomic mass is 28.4. The molecule has 11 heteroatoms. The molecule has 0 saturated heterocycles. The standard InChI is InChI=1S/C29H36F3N3O4Si/c1-28(2,3)40(4,5)39-14-12-35-18-20-8-10-22(17-24(20)34-27(35)37)33-26(36)15-19-7-6-13-38-25-16-21(29(30,31)32)9-11-23(19)25/h8-11,15-17H,6-7,12-14,18H2,1-5H3,(H,33,36)(H,34,37)/b19-15+. The normalized spacial score (nSPS) is 16.9. The minimum absolute atomic E-state index is 0.0878. The second-order valence-electron chi connectivity index (χ2n) is 11.7. The van der Waals surface area contributed by atoms with Gasteiger partial charge in [-0.1, -0.05) is 32.9 Å². The lowest BCUT2D eigenvalue weighted by Gasteiger charge is -2.37. The van der Waals surface area contributed by atoms with Crippen molar-refractivity contribution in [3.8, 4) is 5.75 Å². The zero-order chi connectivity index (χ0) is 29.3. The Hall–Kier alpha value is -3.31. The van der Waals surface area contributed by atoms with Crippen LogP contribution in [0.25, 0.3) is 5.57 Å². The Labute approximate surface area is 233 Å². The summed E-state index contributed by atoms with van der Waals surface area (Å²) in [5.41, 5.74) is 2.29. The number of halogens is 3. The summed E-state index contributed by atoms with van der Waals surface area (Å²) in [5, 5.41) is 5.78. The molecule has 2 aromatic rings. The number of hydrogen-bond acceptors (Lipinski definition) is 4. The van der Waals surface area contributed by atoms with E-state index in [2.05, 4.69) is 44.5 Å². The third-order valence-electron chi connectivity index (χ3n) is 7.71. The van der Waals surface area contributed by atoms with E-state index in [9.17, 15) is 22.8 Å². The zero-order valence-electron chi connectivity index (χ0n) is 23.5. The topological polar surface area (TPSA) is 79.9 Å². The number of carbonyl (C=O) groups is 2. The van der Waals surface area contributed by atoms with Crippen molar-refractivity contribution in [2.45, 2.75) is 64.5 Å². The number of ether oxygens (including phenoxy) is 1. The molecule has 0 atom stereocenters. The fourth-order valence-corrected chi connectivity index (χ4v) is 5.37. The average molecular weight is 576 g/mol. The molecule has 0 saturated carbocycles. The minimum Gasteiger partial charge on any atom is -0.493 e. The number of fused-ring (bicyclic) bond motifs is 2. The molecule has 0 bridgehead atoms. The average Bonchev–Trinajstić information content (AvgIpc) is 3.04. The number of benzene rings is 2. The van der Waals surface area contributed by atoms with Gasteiger partial charge in [-0.05, 0) is 66.4 Å². The molecule has 0 fully saturated rings. The lowest BCUT2D eigenvalue weighted by molar-refractivity contribution is -0.137. The summed E-state index contributed by atoms with van der Waals surface area (Å²) in [6.07, 6.45) is -2.04. The number of urea groups is 1. The van der Waals surface area contributed by atoms with E-state index in [0.717, 1.165) is 17.7 Å². The smallest absolute Gasteiger partial charge is 0.416 e. The van der Waals surface area contributed by atoms with Gasteiger partial charge in [0.1, 0.15) is 5.75 Å².